The number of hydrogen-bond donors (Lipinski definition) is 2. The van der Waals surface area contributed by atoms with Crippen molar-refractivity contribution in [3.05, 3.63) is 30.0 Å². The lowest BCUT2D eigenvalue weighted by molar-refractivity contribution is 1.08. The van der Waals surface area contributed by atoms with Crippen LogP contribution in [-0.4, -0.2) is 25.1 Å². The lowest BCUT2D eigenvalue weighted by atomic mass is 10.2. The number of rotatable bonds is 1. The van der Waals surface area contributed by atoms with Crippen LogP contribution in [0.2, 0.25) is 0 Å². The molecule has 0 saturated heterocycles. The van der Waals surface area contributed by atoms with Gasteiger partial charge in [0, 0.05) is 0 Å². The number of anilines is 1. The van der Waals surface area contributed by atoms with Crippen molar-refractivity contribution >= 4 is 17.0 Å². The van der Waals surface area contributed by atoms with Crippen molar-refractivity contribution in [1.82, 2.24) is 25.1 Å². The molecule has 2 heterocycles. The van der Waals surface area contributed by atoms with Gasteiger partial charge in [-0.3, -0.25) is 5.10 Å². The topological polar surface area (TPSA) is 93.4 Å². The fourth-order valence-electron chi connectivity index (χ4n) is 1.69. The summed E-state index contributed by atoms with van der Waals surface area (Å²) in [6.45, 7) is 1.88. The average Bonchev–Trinajstić information content (AvgIpc) is 2.75. The van der Waals surface area contributed by atoms with Gasteiger partial charge in [0.25, 0.3) is 0 Å². The molecule has 3 rings (SSSR count). The van der Waals surface area contributed by atoms with Crippen molar-refractivity contribution < 1.29 is 0 Å². The van der Waals surface area contributed by atoms with Crippen molar-refractivity contribution in [2.75, 3.05) is 5.73 Å². The number of nitrogens with two attached hydrogens (primary N) is 1. The molecule has 0 aliphatic heterocycles. The number of nitrogens with zero attached hydrogens (tertiary/aromatic N) is 4. The molecule has 6 nitrogen and oxygen atoms in total. The van der Waals surface area contributed by atoms with Crippen LogP contribution >= 0.6 is 0 Å². The van der Waals surface area contributed by atoms with Gasteiger partial charge in [0.1, 0.15) is 5.69 Å². The molecule has 0 amide bonds. The van der Waals surface area contributed by atoms with Gasteiger partial charge >= 0.3 is 0 Å². The number of aryl methyl sites for hydroxylation is 1. The van der Waals surface area contributed by atoms with Crippen LogP contribution in [-0.2, 0) is 0 Å². The molecule has 3 aromatic rings. The van der Waals surface area contributed by atoms with Crippen LogP contribution in [0, 0.1) is 6.92 Å². The third-order valence-electron chi connectivity index (χ3n) is 2.47. The van der Waals surface area contributed by atoms with E-state index in [0.29, 0.717) is 11.5 Å². The number of H-pyrrole nitrogens is 1. The summed E-state index contributed by atoms with van der Waals surface area (Å²) in [6, 6.07) is 7.69. The highest BCUT2D eigenvalue weighted by Gasteiger charge is 2.10. The molecule has 0 aliphatic rings. The Hall–Kier alpha value is -2.50. The molecule has 84 valence electrons. The maximum absolute atomic E-state index is 5.48. The van der Waals surface area contributed by atoms with E-state index in [-0.39, 0.29) is 5.95 Å². The van der Waals surface area contributed by atoms with Gasteiger partial charge in [0.15, 0.2) is 5.82 Å². The summed E-state index contributed by atoms with van der Waals surface area (Å²) in [6.07, 6.45) is 0. The van der Waals surface area contributed by atoms with E-state index < -0.39 is 0 Å². The Bertz CT molecular complexity index is 687. The largest absolute Gasteiger partial charge is 0.366 e. The highest BCUT2D eigenvalue weighted by molar-refractivity contribution is 5.77. The number of aromatic amines is 1. The van der Waals surface area contributed by atoms with Crippen LogP contribution in [0.1, 0.15) is 5.69 Å². The first kappa shape index (κ1) is 9.71. The second-order valence-electron chi connectivity index (χ2n) is 3.69. The lowest BCUT2D eigenvalue weighted by Crippen LogP contribution is -1.95. The Morgan fingerprint density at radius 3 is 2.41 bits per heavy atom. The molecule has 0 bridgehead atoms. The minimum Gasteiger partial charge on any atom is -0.366 e. The monoisotopic (exact) mass is 226 g/mol. The fourth-order valence-corrected chi connectivity index (χ4v) is 1.69. The zero-order chi connectivity index (χ0) is 11.8. The molecule has 0 spiro atoms. The molecule has 0 unspecified atom stereocenters. The summed E-state index contributed by atoms with van der Waals surface area (Å²) in [5.74, 6) is 0.743. The van der Waals surface area contributed by atoms with Gasteiger partial charge in [-0.1, -0.05) is 12.1 Å². The third-order valence-corrected chi connectivity index (χ3v) is 2.47. The third kappa shape index (κ3) is 1.59. The molecule has 0 aliphatic carbocycles. The van der Waals surface area contributed by atoms with E-state index in [4.69, 9.17) is 5.73 Å². The summed E-state index contributed by atoms with van der Waals surface area (Å²) in [5, 5.41) is 6.53. The van der Waals surface area contributed by atoms with Gasteiger partial charge in [-0.15, -0.1) is 5.10 Å². The maximum atomic E-state index is 5.48. The van der Waals surface area contributed by atoms with Gasteiger partial charge in [0.05, 0.1) is 16.7 Å². The number of nitrogens with one attached hydrogen (secondary N) is 1. The van der Waals surface area contributed by atoms with E-state index in [1.807, 2.05) is 31.2 Å². The Morgan fingerprint density at radius 1 is 1.06 bits per heavy atom. The van der Waals surface area contributed by atoms with Gasteiger partial charge in [-0.05, 0) is 19.1 Å². The van der Waals surface area contributed by atoms with Crippen molar-refractivity contribution in [2.45, 2.75) is 6.92 Å². The highest BCUT2D eigenvalue weighted by Crippen LogP contribution is 2.19. The fraction of sp³-hybridized carbons (Fsp3) is 0.0909. The highest BCUT2D eigenvalue weighted by atomic mass is 15.3. The van der Waals surface area contributed by atoms with E-state index in [2.05, 4.69) is 25.1 Å². The van der Waals surface area contributed by atoms with E-state index in [9.17, 15) is 0 Å². The number of aromatic nitrogens is 5. The molecule has 0 atom stereocenters. The normalized spacial score (nSPS) is 10.9. The number of nitrogen functional groups attached to an aromatic ring is 1. The van der Waals surface area contributed by atoms with Crippen molar-refractivity contribution in [3.63, 3.8) is 0 Å². The maximum Gasteiger partial charge on any atom is 0.239 e. The molecule has 6 heteroatoms. The zero-order valence-electron chi connectivity index (χ0n) is 9.18. The molecule has 2 aromatic heterocycles. The minimum atomic E-state index is 0.203. The molecule has 3 N–H and O–H groups in total. The summed E-state index contributed by atoms with van der Waals surface area (Å²) in [7, 11) is 0. The molecule has 1 aromatic carbocycles. The second-order valence-corrected chi connectivity index (χ2v) is 3.69. The van der Waals surface area contributed by atoms with E-state index in [0.717, 1.165) is 16.7 Å². The summed E-state index contributed by atoms with van der Waals surface area (Å²) >= 11 is 0. The molecular formula is C11H10N6. The van der Waals surface area contributed by atoms with Crippen molar-refractivity contribution in [1.29, 1.82) is 0 Å². The lowest BCUT2D eigenvalue weighted by Gasteiger charge is -2.03. The Kier molecular flexibility index (Phi) is 2.01. The summed E-state index contributed by atoms with van der Waals surface area (Å²) < 4.78 is 0. The van der Waals surface area contributed by atoms with Crippen LogP contribution < -0.4 is 5.73 Å². The smallest absolute Gasteiger partial charge is 0.239 e. The molecule has 0 fully saturated rings. The first-order valence-electron chi connectivity index (χ1n) is 5.15. The first-order valence-corrected chi connectivity index (χ1v) is 5.15. The SMILES string of the molecule is Cc1nc2ccccc2nc1-c1nc(N)n[nH]1. The van der Waals surface area contributed by atoms with E-state index >= 15 is 0 Å². The molecule has 17 heavy (non-hydrogen) atoms. The number of para-hydroxylation sites is 2. The number of benzene rings is 1. The summed E-state index contributed by atoms with van der Waals surface area (Å²) in [5.41, 5.74) is 8.63. The predicted molar refractivity (Wildman–Crippen MR) is 64.1 cm³/mol. The Morgan fingerprint density at radius 2 is 1.76 bits per heavy atom. The Balaban J connectivity index is 2.26. The first-order chi connectivity index (χ1) is 8.24. The van der Waals surface area contributed by atoms with Crippen LogP contribution in [0.5, 0.6) is 0 Å². The van der Waals surface area contributed by atoms with E-state index in [1.54, 1.807) is 0 Å². The second kappa shape index (κ2) is 3.51. The van der Waals surface area contributed by atoms with Crippen molar-refractivity contribution in [2.24, 2.45) is 0 Å². The average molecular weight is 226 g/mol. The van der Waals surface area contributed by atoms with Crippen LogP contribution in [0.15, 0.2) is 24.3 Å². The predicted octanol–water partition coefficient (Wildman–Crippen LogP) is 1.31. The molecule has 0 saturated carbocycles. The van der Waals surface area contributed by atoms with Crippen LogP contribution in [0.25, 0.3) is 22.6 Å². The Labute approximate surface area is 96.9 Å². The quantitative estimate of drug-likeness (QED) is 0.652. The van der Waals surface area contributed by atoms with Crippen LogP contribution in [0.4, 0.5) is 5.95 Å². The minimum absolute atomic E-state index is 0.203. The number of hydrogen-bond acceptors (Lipinski definition) is 5. The number of fused-ring (bicyclic) bond motifs is 1. The summed E-state index contributed by atoms with van der Waals surface area (Å²) in [4.78, 5) is 13.0. The van der Waals surface area contributed by atoms with Gasteiger partial charge in [-0.25, -0.2) is 9.97 Å². The standard InChI is InChI=1S/C11H10N6/c1-6-9(10-15-11(12)17-16-10)14-8-5-3-2-4-7(8)13-6/h2-5H,1H3,(H3,12,15,16,17). The molecular weight excluding hydrogens is 216 g/mol. The van der Waals surface area contributed by atoms with Gasteiger partial charge in [0.2, 0.25) is 5.95 Å². The van der Waals surface area contributed by atoms with Crippen LogP contribution in [0.3, 0.4) is 0 Å². The van der Waals surface area contributed by atoms with Crippen molar-refractivity contribution in [3.8, 4) is 11.5 Å². The van der Waals surface area contributed by atoms with Gasteiger partial charge in [-0.2, -0.15) is 4.98 Å². The van der Waals surface area contributed by atoms with E-state index in [1.165, 1.54) is 0 Å². The molecule has 0 radical (unpaired) electrons. The van der Waals surface area contributed by atoms with Gasteiger partial charge < -0.3 is 5.73 Å². The zero-order valence-corrected chi connectivity index (χ0v) is 9.18.